The molecule has 1 heterocycles. The van der Waals surface area contributed by atoms with Crippen molar-refractivity contribution in [3.05, 3.63) is 0 Å². The molecule has 0 bridgehead atoms. The predicted molar refractivity (Wildman–Crippen MR) is 84.0 cm³/mol. The number of carbonyl (C=O) groups excluding carboxylic acids is 1. The average Bonchev–Trinajstić information content (AvgIpc) is 2.29. The second-order valence-corrected chi connectivity index (χ2v) is 8.48. The van der Waals surface area contributed by atoms with Gasteiger partial charge in [-0.05, 0) is 52.4 Å². The molecule has 0 aromatic carbocycles. The van der Waals surface area contributed by atoms with Gasteiger partial charge in [0.15, 0.2) is 0 Å². The summed E-state index contributed by atoms with van der Waals surface area (Å²) in [5.74, 6) is 0. The Morgan fingerprint density at radius 3 is 2.43 bits per heavy atom. The summed E-state index contributed by atoms with van der Waals surface area (Å²) in [6.07, 6.45) is 2.23. The lowest BCUT2D eigenvalue weighted by molar-refractivity contribution is -0.0135. The van der Waals surface area contributed by atoms with Crippen LogP contribution in [-0.2, 0) is 4.74 Å². The van der Waals surface area contributed by atoms with Gasteiger partial charge >= 0.3 is 6.09 Å². The number of hydrogen-bond donors (Lipinski definition) is 2. The molecule has 1 amide bonds. The maximum Gasteiger partial charge on any atom is 0.410 e. The third kappa shape index (κ3) is 5.83. The molecular formula is C16H32N2O3. The lowest BCUT2D eigenvalue weighted by Gasteiger charge is -2.45. The number of aliphatic hydroxyl groups excluding tert-OH is 1. The van der Waals surface area contributed by atoms with Gasteiger partial charge in [0, 0.05) is 18.1 Å². The summed E-state index contributed by atoms with van der Waals surface area (Å²) >= 11 is 0. The quantitative estimate of drug-likeness (QED) is 0.839. The van der Waals surface area contributed by atoms with Gasteiger partial charge in [-0.3, -0.25) is 0 Å². The lowest BCUT2D eigenvalue weighted by Crippen LogP contribution is -2.55. The Labute approximate surface area is 128 Å². The molecule has 1 aliphatic rings. The van der Waals surface area contributed by atoms with Crippen LogP contribution in [0, 0.1) is 5.41 Å². The molecule has 0 aliphatic carbocycles. The van der Waals surface area contributed by atoms with Crippen LogP contribution in [0.15, 0.2) is 0 Å². The summed E-state index contributed by atoms with van der Waals surface area (Å²) < 4.78 is 5.53. The molecule has 2 unspecified atom stereocenters. The normalized spacial score (nSPS) is 25.3. The van der Waals surface area contributed by atoms with Crippen molar-refractivity contribution in [2.45, 2.75) is 78.0 Å². The van der Waals surface area contributed by atoms with Crippen molar-refractivity contribution < 1.29 is 14.6 Å². The first kappa shape index (κ1) is 18.2. The van der Waals surface area contributed by atoms with Crippen molar-refractivity contribution in [1.82, 2.24) is 4.90 Å². The van der Waals surface area contributed by atoms with E-state index in [0.717, 1.165) is 12.8 Å². The van der Waals surface area contributed by atoms with Crippen LogP contribution in [0.5, 0.6) is 0 Å². The fraction of sp³-hybridized carbons (Fsp3) is 0.938. The molecule has 0 radical (unpaired) electrons. The summed E-state index contributed by atoms with van der Waals surface area (Å²) in [6, 6.07) is 0.0232. The third-order valence-corrected chi connectivity index (χ3v) is 3.88. The van der Waals surface area contributed by atoms with Crippen LogP contribution in [0.1, 0.15) is 60.8 Å². The lowest BCUT2D eigenvalue weighted by atomic mass is 9.78. The van der Waals surface area contributed by atoms with Crippen molar-refractivity contribution in [3.8, 4) is 0 Å². The second-order valence-electron chi connectivity index (χ2n) is 8.48. The molecule has 1 fully saturated rings. The molecule has 0 saturated carbocycles. The van der Waals surface area contributed by atoms with E-state index in [9.17, 15) is 9.90 Å². The average molecular weight is 300 g/mol. The van der Waals surface area contributed by atoms with Crippen LogP contribution in [0.25, 0.3) is 0 Å². The van der Waals surface area contributed by atoms with E-state index in [1.165, 1.54) is 0 Å². The summed E-state index contributed by atoms with van der Waals surface area (Å²) in [4.78, 5) is 14.3. The summed E-state index contributed by atoms with van der Waals surface area (Å²) in [5.41, 5.74) is 4.97. The molecule has 2 atom stereocenters. The molecule has 0 spiro atoms. The molecule has 1 saturated heterocycles. The first-order valence-corrected chi connectivity index (χ1v) is 7.75. The largest absolute Gasteiger partial charge is 0.444 e. The second kappa shape index (κ2) is 6.13. The van der Waals surface area contributed by atoms with Crippen molar-refractivity contribution >= 4 is 6.09 Å². The minimum Gasteiger partial charge on any atom is -0.444 e. The van der Waals surface area contributed by atoms with Gasteiger partial charge < -0.3 is 20.5 Å². The van der Waals surface area contributed by atoms with Crippen LogP contribution in [-0.4, -0.2) is 46.4 Å². The van der Waals surface area contributed by atoms with Crippen LogP contribution < -0.4 is 5.73 Å². The zero-order chi connectivity index (χ0) is 16.5. The van der Waals surface area contributed by atoms with Crippen molar-refractivity contribution in [3.63, 3.8) is 0 Å². The van der Waals surface area contributed by atoms with Crippen molar-refractivity contribution in [2.24, 2.45) is 11.1 Å². The van der Waals surface area contributed by atoms with Gasteiger partial charge in [-0.25, -0.2) is 4.79 Å². The number of hydrogen-bond acceptors (Lipinski definition) is 4. The number of carbonyl (C=O) groups is 1. The van der Waals surface area contributed by atoms with Gasteiger partial charge in [-0.1, -0.05) is 13.8 Å². The Balaban J connectivity index is 2.87. The Bertz CT molecular complexity index is 372. The molecule has 0 aromatic heterocycles. The standard InChI is InChI=1S/C16H32N2O3/c1-14(2,3)21-13(20)18-10-15(4,5)8-7-12(18)9-16(6,17)11-19/h12,19H,7-11,17H2,1-6H3. The van der Waals surface area contributed by atoms with E-state index in [1.54, 1.807) is 4.90 Å². The molecule has 5 heteroatoms. The molecule has 1 rings (SSSR count). The molecule has 21 heavy (non-hydrogen) atoms. The Hall–Kier alpha value is -0.810. The predicted octanol–water partition coefficient (Wildman–Crippen LogP) is 2.51. The molecular weight excluding hydrogens is 268 g/mol. The van der Waals surface area contributed by atoms with Crippen LogP contribution in [0.3, 0.4) is 0 Å². The highest BCUT2D eigenvalue weighted by Crippen LogP contribution is 2.35. The molecule has 3 N–H and O–H groups in total. The van der Waals surface area contributed by atoms with E-state index in [1.807, 2.05) is 27.7 Å². The van der Waals surface area contributed by atoms with Gasteiger partial charge in [0.1, 0.15) is 5.60 Å². The number of ether oxygens (including phenoxy) is 1. The topological polar surface area (TPSA) is 75.8 Å². The maximum absolute atomic E-state index is 12.5. The third-order valence-electron chi connectivity index (χ3n) is 3.88. The van der Waals surface area contributed by atoms with Gasteiger partial charge in [0.25, 0.3) is 0 Å². The minimum absolute atomic E-state index is 0.0232. The smallest absolute Gasteiger partial charge is 0.410 e. The van der Waals surface area contributed by atoms with Gasteiger partial charge in [-0.15, -0.1) is 0 Å². The molecule has 0 aromatic rings. The number of nitrogens with zero attached hydrogens (tertiary/aromatic N) is 1. The number of likely N-dealkylation sites (tertiary alicyclic amines) is 1. The number of piperidine rings is 1. The number of aliphatic hydroxyl groups is 1. The van der Waals surface area contributed by atoms with Crippen LogP contribution in [0.2, 0.25) is 0 Å². The molecule has 1 aliphatic heterocycles. The van der Waals surface area contributed by atoms with E-state index in [4.69, 9.17) is 10.5 Å². The Morgan fingerprint density at radius 1 is 1.38 bits per heavy atom. The SMILES string of the molecule is CC1(C)CCC(CC(C)(N)CO)N(C(=O)OC(C)(C)C)C1. The maximum atomic E-state index is 12.5. The van der Waals surface area contributed by atoms with Gasteiger partial charge in [0.05, 0.1) is 6.61 Å². The fourth-order valence-corrected chi connectivity index (χ4v) is 2.73. The number of amides is 1. The highest BCUT2D eigenvalue weighted by atomic mass is 16.6. The Kier molecular flexibility index (Phi) is 5.32. The fourth-order valence-electron chi connectivity index (χ4n) is 2.73. The highest BCUT2D eigenvalue weighted by molar-refractivity contribution is 5.68. The summed E-state index contributed by atoms with van der Waals surface area (Å²) in [5, 5.41) is 9.38. The molecule has 5 nitrogen and oxygen atoms in total. The number of nitrogens with two attached hydrogens (primary N) is 1. The zero-order valence-electron chi connectivity index (χ0n) is 14.4. The monoisotopic (exact) mass is 300 g/mol. The zero-order valence-corrected chi connectivity index (χ0v) is 14.4. The van der Waals surface area contributed by atoms with E-state index in [0.29, 0.717) is 13.0 Å². The van der Waals surface area contributed by atoms with E-state index >= 15 is 0 Å². The van der Waals surface area contributed by atoms with Crippen LogP contribution >= 0.6 is 0 Å². The van der Waals surface area contributed by atoms with E-state index < -0.39 is 11.1 Å². The van der Waals surface area contributed by atoms with Crippen molar-refractivity contribution in [2.75, 3.05) is 13.2 Å². The first-order chi connectivity index (χ1) is 9.35. The Morgan fingerprint density at radius 2 is 1.95 bits per heavy atom. The number of rotatable bonds is 3. The van der Waals surface area contributed by atoms with Gasteiger partial charge in [-0.2, -0.15) is 0 Å². The van der Waals surface area contributed by atoms with E-state index in [2.05, 4.69) is 13.8 Å². The minimum atomic E-state index is -0.674. The first-order valence-electron chi connectivity index (χ1n) is 7.75. The van der Waals surface area contributed by atoms with Gasteiger partial charge in [0.2, 0.25) is 0 Å². The highest BCUT2D eigenvalue weighted by Gasteiger charge is 2.39. The summed E-state index contributed by atoms with van der Waals surface area (Å²) in [7, 11) is 0. The molecule has 124 valence electrons. The van der Waals surface area contributed by atoms with Crippen molar-refractivity contribution in [1.29, 1.82) is 0 Å². The van der Waals surface area contributed by atoms with Crippen LogP contribution in [0.4, 0.5) is 4.79 Å². The van der Waals surface area contributed by atoms with E-state index in [-0.39, 0.29) is 24.2 Å². The summed E-state index contributed by atoms with van der Waals surface area (Å²) in [6.45, 7) is 12.3.